The predicted octanol–water partition coefficient (Wildman–Crippen LogP) is 2.96. The van der Waals surface area contributed by atoms with Gasteiger partial charge >= 0.3 is 0 Å². The maximum atomic E-state index is 12.3. The first-order valence-electron chi connectivity index (χ1n) is 7.98. The summed E-state index contributed by atoms with van der Waals surface area (Å²) in [6, 6.07) is 10.4. The van der Waals surface area contributed by atoms with Crippen molar-refractivity contribution in [3.05, 3.63) is 47.3 Å². The molecule has 1 aromatic carbocycles. The predicted molar refractivity (Wildman–Crippen MR) is 93.3 cm³/mol. The molecule has 0 radical (unpaired) electrons. The van der Waals surface area contributed by atoms with Gasteiger partial charge in [0.05, 0.1) is 23.6 Å². The van der Waals surface area contributed by atoms with E-state index in [0.29, 0.717) is 5.92 Å². The Bertz CT molecular complexity index is 661. The molecule has 0 bridgehead atoms. The largest absolute Gasteiger partial charge is 0.322 e. The zero-order valence-electron chi connectivity index (χ0n) is 14.6. The van der Waals surface area contributed by atoms with Crippen LogP contribution in [0.1, 0.15) is 36.8 Å². The molecule has 1 amide bonds. The summed E-state index contributed by atoms with van der Waals surface area (Å²) in [5, 5.41) is 10.6. The average molecular weight is 314 g/mol. The van der Waals surface area contributed by atoms with Crippen LogP contribution < -0.4 is 10.6 Å². The highest BCUT2D eigenvalue weighted by Gasteiger charge is 2.17. The number of hydrogen-bond donors (Lipinski definition) is 2. The van der Waals surface area contributed by atoms with Gasteiger partial charge in [-0.15, -0.1) is 0 Å². The molecule has 0 unspecified atom stereocenters. The summed E-state index contributed by atoms with van der Waals surface area (Å²) in [6.45, 7) is 8.42. The van der Waals surface area contributed by atoms with Crippen molar-refractivity contribution in [3.63, 3.8) is 0 Å². The third kappa shape index (κ3) is 4.20. The standard InChI is InChI=1S/C18H26N4O/c1-12(2)17(15-9-7-6-8-10-15)19-11-16(23)20-18-13(3)21-22(5)14(18)4/h6-10,12,17,19H,11H2,1-5H3,(H,20,23)/t17-/m1/s1. The van der Waals surface area contributed by atoms with E-state index >= 15 is 0 Å². The second-order valence-electron chi connectivity index (χ2n) is 6.23. The summed E-state index contributed by atoms with van der Waals surface area (Å²) < 4.78 is 1.78. The lowest BCUT2D eigenvalue weighted by molar-refractivity contribution is -0.115. The van der Waals surface area contributed by atoms with E-state index in [2.05, 4.69) is 41.7 Å². The van der Waals surface area contributed by atoms with Crippen molar-refractivity contribution in [1.29, 1.82) is 0 Å². The highest BCUT2D eigenvalue weighted by Crippen LogP contribution is 2.21. The normalized spacial score (nSPS) is 12.4. The number of rotatable bonds is 6. The fourth-order valence-electron chi connectivity index (χ4n) is 2.74. The molecular weight excluding hydrogens is 288 g/mol. The topological polar surface area (TPSA) is 59.0 Å². The van der Waals surface area contributed by atoms with Gasteiger partial charge in [-0.25, -0.2) is 0 Å². The zero-order valence-corrected chi connectivity index (χ0v) is 14.6. The fourth-order valence-corrected chi connectivity index (χ4v) is 2.74. The molecule has 0 aliphatic rings. The number of anilines is 1. The number of nitrogens with one attached hydrogen (secondary N) is 2. The molecule has 124 valence electrons. The van der Waals surface area contributed by atoms with Crippen LogP contribution in [-0.2, 0) is 11.8 Å². The Hall–Kier alpha value is -2.14. The lowest BCUT2D eigenvalue weighted by Gasteiger charge is -2.22. The van der Waals surface area contributed by atoms with E-state index < -0.39 is 0 Å². The molecule has 1 atom stereocenters. The minimum atomic E-state index is -0.0502. The Balaban J connectivity index is 2.00. The van der Waals surface area contributed by atoms with E-state index in [1.54, 1.807) is 4.68 Å². The van der Waals surface area contributed by atoms with Crippen molar-refractivity contribution in [2.24, 2.45) is 13.0 Å². The Morgan fingerprint density at radius 1 is 1.22 bits per heavy atom. The van der Waals surface area contributed by atoms with E-state index in [1.165, 1.54) is 5.56 Å². The van der Waals surface area contributed by atoms with Gasteiger partial charge in [0, 0.05) is 13.1 Å². The summed E-state index contributed by atoms with van der Waals surface area (Å²) in [5.74, 6) is 0.345. The van der Waals surface area contributed by atoms with Crippen LogP contribution in [0.5, 0.6) is 0 Å². The maximum Gasteiger partial charge on any atom is 0.238 e. The third-order valence-corrected chi connectivity index (χ3v) is 4.08. The number of nitrogens with zero attached hydrogens (tertiary/aromatic N) is 2. The maximum absolute atomic E-state index is 12.3. The van der Waals surface area contributed by atoms with Gasteiger partial charge in [0.2, 0.25) is 5.91 Å². The summed E-state index contributed by atoms with van der Waals surface area (Å²) in [4.78, 5) is 12.3. The summed E-state index contributed by atoms with van der Waals surface area (Å²) in [5.41, 5.74) is 3.80. The first-order valence-corrected chi connectivity index (χ1v) is 7.98. The van der Waals surface area contributed by atoms with Gasteiger partial charge in [-0.1, -0.05) is 44.2 Å². The van der Waals surface area contributed by atoms with Crippen molar-refractivity contribution < 1.29 is 4.79 Å². The van der Waals surface area contributed by atoms with Crippen LogP contribution in [0.25, 0.3) is 0 Å². The molecule has 0 saturated carbocycles. The van der Waals surface area contributed by atoms with Gasteiger partial charge < -0.3 is 10.6 Å². The molecule has 5 heteroatoms. The van der Waals surface area contributed by atoms with Crippen molar-refractivity contribution in [2.45, 2.75) is 33.7 Å². The van der Waals surface area contributed by atoms with Crippen LogP contribution in [0, 0.1) is 19.8 Å². The van der Waals surface area contributed by atoms with Gasteiger partial charge in [0.25, 0.3) is 0 Å². The van der Waals surface area contributed by atoms with Gasteiger partial charge in [-0.2, -0.15) is 5.10 Å². The first-order chi connectivity index (χ1) is 10.9. The molecule has 0 aliphatic carbocycles. The van der Waals surface area contributed by atoms with Crippen molar-refractivity contribution in [3.8, 4) is 0 Å². The zero-order chi connectivity index (χ0) is 17.0. The van der Waals surface area contributed by atoms with Crippen LogP contribution in [0.15, 0.2) is 30.3 Å². The smallest absolute Gasteiger partial charge is 0.238 e. The number of hydrogen-bond acceptors (Lipinski definition) is 3. The number of aromatic nitrogens is 2. The van der Waals surface area contributed by atoms with Gasteiger partial charge in [-0.05, 0) is 25.3 Å². The molecular formula is C18H26N4O. The number of amides is 1. The Morgan fingerprint density at radius 3 is 2.39 bits per heavy atom. The Kier molecular flexibility index (Phi) is 5.55. The molecule has 0 fully saturated rings. The second kappa shape index (κ2) is 7.42. The van der Waals surface area contributed by atoms with Crippen LogP contribution in [-0.4, -0.2) is 22.2 Å². The summed E-state index contributed by atoms with van der Waals surface area (Å²) in [6.07, 6.45) is 0. The van der Waals surface area contributed by atoms with Gasteiger partial charge in [-0.3, -0.25) is 9.48 Å². The van der Waals surface area contributed by atoms with E-state index in [0.717, 1.165) is 17.1 Å². The third-order valence-electron chi connectivity index (χ3n) is 4.08. The van der Waals surface area contributed by atoms with Crippen molar-refractivity contribution in [2.75, 3.05) is 11.9 Å². The lowest BCUT2D eigenvalue weighted by atomic mass is 9.96. The minimum absolute atomic E-state index is 0.0502. The summed E-state index contributed by atoms with van der Waals surface area (Å²) in [7, 11) is 1.88. The summed E-state index contributed by atoms with van der Waals surface area (Å²) >= 11 is 0. The van der Waals surface area contributed by atoms with Crippen molar-refractivity contribution >= 4 is 11.6 Å². The molecule has 23 heavy (non-hydrogen) atoms. The number of benzene rings is 1. The van der Waals surface area contributed by atoms with Crippen LogP contribution in [0.4, 0.5) is 5.69 Å². The highest BCUT2D eigenvalue weighted by molar-refractivity contribution is 5.93. The first kappa shape index (κ1) is 17.2. The minimum Gasteiger partial charge on any atom is -0.322 e. The molecule has 2 rings (SSSR count). The van der Waals surface area contributed by atoms with E-state index in [4.69, 9.17) is 0 Å². The van der Waals surface area contributed by atoms with Crippen molar-refractivity contribution in [1.82, 2.24) is 15.1 Å². The SMILES string of the molecule is Cc1nn(C)c(C)c1NC(=O)CN[C@@H](c1ccccc1)C(C)C. The van der Waals surface area contributed by atoms with E-state index in [9.17, 15) is 4.79 Å². The molecule has 1 heterocycles. The van der Waals surface area contributed by atoms with Crippen LogP contribution in [0.3, 0.4) is 0 Å². The van der Waals surface area contributed by atoms with Crippen LogP contribution >= 0.6 is 0 Å². The van der Waals surface area contributed by atoms with Gasteiger partial charge in [0.15, 0.2) is 0 Å². The van der Waals surface area contributed by atoms with E-state index in [-0.39, 0.29) is 18.5 Å². The Labute approximate surface area is 138 Å². The monoisotopic (exact) mass is 314 g/mol. The van der Waals surface area contributed by atoms with Crippen LogP contribution in [0.2, 0.25) is 0 Å². The number of aryl methyl sites for hydroxylation is 2. The number of carbonyl (C=O) groups excluding carboxylic acids is 1. The Morgan fingerprint density at radius 2 is 1.87 bits per heavy atom. The van der Waals surface area contributed by atoms with Gasteiger partial charge in [0.1, 0.15) is 0 Å². The molecule has 0 spiro atoms. The number of carbonyl (C=O) groups is 1. The molecule has 5 nitrogen and oxygen atoms in total. The fraction of sp³-hybridized carbons (Fsp3) is 0.444. The molecule has 0 aliphatic heterocycles. The molecule has 0 saturated heterocycles. The molecule has 2 aromatic rings. The van der Waals surface area contributed by atoms with E-state index in [1.807, 2.05) is 39.1 Å². The molecule has 2 N–H and O–H groups in total. The second-order valence-corrected chi connectivity index (χ2v) is 6.23. The highest BCUT2D eigenvalue weighted by atomic mass is 16.1. The average Bonchev–Trinajstić information content (AvgIpc) is 2.74. The lowest BCUT2D eigenvalue weighted by Crippen LogP contribution is -2.33. The quantitative estimate of drug-likeness (QED) is 0.862. The molecule has 1 aromatic heterocycles.